The predicted octanol–water partition coefficient (Wildman–Crippen LogP) is 3.68. The molecule has 0 unspecified atom stereocenters. The van der Waals surface area contributed by atoms with E-state index in [4.69, 9.17) is 14.3 Å². The summed E-state index contributed by atoms with van der Waals surface area (Å²) < 4.78 is 15.4. The molecule has 1 aromatic heterocycles. The number of oxazole rings is 1. The molecule has 2 aromatic carbocycles. The van der Waals surface area contributed by atoms with Gasteiger partial charge in [-0.1, -0.05) is 24.3 Å². The maximum Gasteiger partial charge on any atom is 0.511 e. The molecule has 0 fully saturated rings. The standard InChI is InChI=1S/C14H9NO5/c16-14(17)20-12-8-4-3-7-11(12)19-13-15-9-5-1-2-6-10(9)18-13/h1-8H,(H,16,17). The summed E-state index contributed by atoms with van der Waals surface area (Å²) in [6, 6.07) is 13.6. The number of rotatable bonds is 3. The molecule has 0 aliphatic carbocycles. The molecule has 0 bridgehead atoms. The molecule has 0 saturated carbocycles. The van der Waals surface area contributed by atoms with Crippen LogP contribution >= 0.6 is 0 Å². The second-order valence-corrected chi connectivity index (χ2v) is 3.86. The zero-order chi connectivity index (χ0) is 13.9. The van der Waals surface area contributed by atoms with E-state index in [0.29, 0.717) is 11.1 Å². The maximum absolute atomic E-state index is 10.6. The highest BCUT2D eigenvalue weighted by Crippen LogP contribution is 2.32. The molecule has 6 nitrogen and oxygen atoms in total. The number of hydrogen-bond donors (Lipinski definition) is 1. The average molecular weight is 271 g/mol. The van der Waals surface area contributed by atoms with Crippen molar-refractivity contribution >= 4 is 17.3 Å². The van der Waals surface area contributed by atoms with Crippen molar-refractivity contribution in [1.82, 2.24) is 4.98 Å². The quantitative estimate of drug-likeness (QED) is 0.578. The Labute approximate surface area is 113 Å². The molecule has 0 amide bonds. The van der Waals surface area contributed by atoms with Crippen LogP contribution in [-0.4, -0.2) is 16.2 Å². The van der Waals surface area contributed by atoms with Crippen molar-refractivity contribution < 1.29 is 23.8 Å². The Morgan fingerprint density at radius 1 is 1.05 bits per heavy atom. The predicted molar refractivity (Wildman–Crippen MR) is 69.2 cm³/mol. The van der Waals surface area contributed by atoms with Gasteiger partial charge >= 0.3 is 12.2 Å². The summed E-state index contributed by atoms with van der Waals surface area (Å²) in [5, 5.41) is 8.65. The number of ether oxygens (including phenoxy) is 2. The Hall–Kier alpha value is -3.02. The van der Waals surface area contributed by atoms with E-state index in [0.717, 1.165) is 0 Å². The Morgan fingerprint density at radius 2 is 1.75 bits per heavy atom. The first kappa shape index (κ1) is 12.0. The SMILES string of the molecule is O=C(O)Oc1ccccc1Oc1nc2ccccc2o1. The molecule has 0 radical (unpaired) electrons. The minimum absolute atomic E-state index is 0.0210. The van der Waals surface area contributed by atoms with Gasteiger partial charge in [-0.05, 0) is 24.3 Å². The maximum atomic E-state index is 10.6. The molecule has 0 aliphatic heterocycles. The summed E-state index contributed by atoms with van der Waals surface area (Å²) in [6.45, 7) is 0. The molecule has 100 valence electrons. The molecule has 3 aromatic rings. The van der Waals surface area contributed by atoms with Crippen molar-refractivity contribution in [2.24, 2.45) is 0 Å². The topological polar surface area (TPSA) is 81.8 Å². The van der Waals surface area contributed by atoms with E-state index in [1.165, 1.54) is 6.07 Å². The van der Waals surface area contributed by atoms with Crippen LogP contribution in [0.1, 0.15) is 0 Å². The van der Waals surface area contributed by atoms with Gasteiger partial charge in [-0.3, -0.25) is 0 Å². The van der Waals surface area contributed by atoms with Crippen LogP contribution in [0.15, 0.2) is 52.9 Å². The van der Waals surface area contributed by atoms with E-state index in [2.05, 4.69) is 9.72 Å². The molecule has 3 rings (SSSR count). The van der Waals surface area contributed by atoms with Gasteiger partial charge in [0.05, 0.1) is 0 Å². The van der Waals surface area contributed by atoms with E-state index in [9.17, 15) is 4.79 Å². The smallest absolute Gasteiger partial charge is 0.449 e. The summed E-state index contributed by atoms with van der Waals surface area (Å²) in [4.78, 5) is 14.7. The van der Waals surface area contributed by atoms with Crippen LogP contribution in [0.2, 0.25) is 0 Å². The number of aromatic nitrogens is 1. The molecular weight excluding hydrogens is 262 g/mol. The van der Waals surface area contributed by atoms with E-state index < -0.39 is 6.16 Å². The van der Waals surface area contributed by atoms with Crippen molar-refractivity contribution in [3.8, 4) is 17.6 Å². The fourth-order valence-corrected chi connectivity index (χ4v) is 1.70. The van der Waals surface area contributed by atoms with Crippen LogP contribution < -0.4 is 9.47 Å². The lowest BCUT2D eigenvalue weighted by Gasteiger charge is -2.05. The first-order chi connectivity index (χ1) is 9.72. The second kappa shape index (κ2) is 4.93. The van der Waals surface area contributed by atoms with Gasteiger partial charge in [-0.2, -0.15) is 4.98 Å². The largest absolute Gasteiger partial charge is 0.511 e. The molecule has 0 spiro atoms. The lowest BCUT2D eigenvalue weighted by Crippen LogP contribution is -2.04. The zero-order valence-electron chi connectivity index (χ0n) is 10.1. The van der Waals surface area contributed by atoms with Crippen LogP contribution in [0.5, 0.6) is 17.6 Å². The van der Waals surface area contributed by atoms with Crippen molar-refractivity contribution in [2.75, 3.05) is 0 Å². The third kappa shape index (κ3) is 2.39. The Morgan fingerprint density at radius 3 is 2.50 bits per heavy atom. The van der Waals surface area contributed by atoms with Gasteiger partial charge in [0.2, 0.25) is 0 Å². The van der Waals surface area contributed by atoms with E-state index in [1.807, 2.05) is 12.1 Å². The van der Waals surface area contributed by atoms with E-state index >= 15 is 0 Å². The van der Waals surface area contributed by atoms with Crippen LogP contribution in [0.25, 0.3) is 11.1 Å². The Kier molecular flexibility index (Phi) is 2.96. The normalized spacial score (nSPS) is 10.4. The summed E-state index contributed by atoms with van der Waals surface area (Å²) in [7, 11) is 0. The number of carboxylic acid groups (broad SMARTS) is 1. The van der Waals surface area contributed by atoms with Crippen molar-refractivity contribution in [3.05, 3.63) is 48.5 Å². The van der Waals surface area contributed by atoms with Crippen LogP contribution in [-0.2, 0) is 0 Å². The first-order valence-corrected chi connectivity index (χ1v) is 5.75. The van der Waals surface area contributed by atoms with Crippen molar-refractivity contribution in [1.29, 1.82) is 0 Å². The van der Waals surface area contributed by atoms with Gasteiger partial charge in [0.1, 0.15) is 5.52 Å². The number of hydrogen-bond acceptors (Lipinski definition) is 5. The summed E-state index contributed by atoms with van der Waals surface area (Å²) in [5.74, 6) is 0.281. The number of benzene rings is 2. The third-order valence-corrected chi connectivity index (χ3v) is 2.52. The van der Waals surface area contributed by atoms with Gasteiger partial charge in [0.25, 0.3) is 0 Å². The minimum Gasteiger partial charge on any atom is -0.449 e. The van der Waals surface area contributed by atoms with Crippen LogP contribution in [0.3, 0.4) is 0 Å². The van der Waals surface area contributed by atoms with E-state index in [1.54, 1.807) is 30.3 Å². The van der Waals surface area contributed by atoms with Crippen LogP contribution in [0, 0.1) is 0 Å². The number of para-hydroxylation sites is 4. The fourth-order valence-electron chi connectivity index (χ4n) is 1.70. The van der Waals surface area contributed by atoms with Crippen molar-refractivity contribution in [3.63, 3.8) is 0 Å². The summed E-state index contributed by atoms with van der Waals surface area (Å²) >= 11 is 0. The Balaban J connectivity index is 1.92. The highest BCUT2D eigenvalue weighted by Gasteiger charge is 2.13. The lowest BCUT2D eigenvalue weighted by molar-refractivity contribution is 0.142. The summed E-state index contributed by atoms with van der Waals surface area (Å²) in [6.07, 6.45) is -1.40. The zero-order valence-corrected chi connectivity index (χ0v) is 10.1. The fraction of sp³-hybridized carbons (Fsp3) is 0. The number of nitrogens with zero attached hydrogens (tertiary/aromatic N) is 1. The van der Waals surface area contributed by atoms with Gasteiger partial charge in [0.15, 0.2) is 17.1 Å². The van der Waals surface area contributed by atoms with Gasteiger partial charge < -0.3 is 19.0 Å². The third-order valence-electron chi connectivity index (χ3n) is 2.52. The molecule has 1 heterocycles. The van der Waals surface area contributed by atoms with Gasteiger partial charge in [-0.15, -0.1) is 0 Å². The average Bonchev–Trinajstić information content (AvgIpc) is 2.82. The van der Waals surface area contributed by atoms with Crippen molar-refractivity contribution in [2.45, 2.75) is 0 Å². The molecule has 0 saturated heterocycles. The molecule has 6 heteroatoms. The van der Waals surface area contributed by atoms with Gasteiger partial charge in [-0.25, -0.2) is 4.79 Å². The number of fused-ring (bicyclic) bond motifs is 1. The highest BCUT2D eigenvalue weighted by atomic mass is 16.7. The first-order valence-electron chi connectivity index (χ1n) is 5.75. The van der Waals surface area contributed by atoms with Gasteiger partial charge in [0, 0.05) is 0 Å². The highest BCUT2D eigenvalue weighted by molar-refractivity contribution is 5.72. The van der Waals surface area contributed by atoms with E-state index in [-0.39, 0.29) is 17.6 Å². The molecule has 0 aliphatic rings. The molecular formula is C14H9NO5. The molecule has 0 atom stereocenters. The molecule has 20 heavy (non-hydrogen) atoms. The Bertz CT molecular complexity index is 732. The summed E-state index contributed by atoms with van der Waals surface area (Å²) in [5.41, 5.74) is 1.23. The lowest BCUT2D eigenvalue weighted by atomic mass is 10.3. The van der Waals surface area contributed by atoms with Crippen LogP contribution in [0.4, 0.5) is 4.79 Å². The minimum atomic E-state index is -1.42. The number of carbonyl (C=O) groups is 1. The monoisotopic (exact) mass is 271 g/mol. The molecule has 1 N–H and O–H groups in total. The second-order valence-electron chi connectivity index (χ2n) is 3.86.